The zero-order chi connectivity index (χ0) is 26.5. The minimum atomic E-state index is -3.58. The zero-order valence-electron chi connectivity index (χ0n) is 22.0. The number of sulfone groups is 1. The quantitative estimate of drug-likeness (QED) is 0.359. The first kappa shape index (κ1) is 25.3. The van der Waals surface area contributed by atoms with Crippen molar-refractivity contribution in [2.45, 2.75) is 37.6 Å². The number of fused-ring (bicyclic) bond motifs is 3. The molecule has 0 radical (unpaired) electrons. The highest BCUT2D eigenvalue weighted by Crippen LogP contribution is 2.42. The number of hydrogen-bond donors (Lipinski definition) is 0. The van der Waals surface area contributed by atoms with Crippen molar-refractivity contribution < 1.29 is 13.2 Å². The van der Waals surface area contributed by atoms with Crippen LogP contribution in [0.15, 0.2) is 29.9 Å². The van der Waals surface area contributed by atoms with Gasteiger partial charge in [-0.15, -0.1) is 5.10 Å². The topological polar surface area (TPSA) is 108 Å². The lowest BCUT2D eigenvalue weighted by Crippen LogP contribution is -2.24. The summed E-state index contributed by atoms with van der Waals surface area (Å²) in [4.78, 5) is 11.8. The lowest BCUT2D eigenvalue weighted by molar-refractivity contribution is 0.0524. The van der Waals surface area contributed by atoms with Crippen molar-refractivity contribution in [3.05, 3.63) is 30.7 Å². The van der Waals surface area contributed by atoms with Crippen molar-refractivity contribution in [1.82, 2.24) is 29.5 Å². The standard InChI is InChI=1S/C26H33N7O3S/c1-7-19-24(32(5)30-29-19)18-13-20-23(27-14-18)22-25(33(20)16(3)17-9-11-36-12-10-17)21(37(6,34)35)15-28-26(22)31(4)8-2/h7,13-17H,1,8-12H2,2-6H3/t16-/m1/s1. The summed E-state index contributed by atoms with van der Waals surface area (Å²) >= 11 is 0. The van der Waals surface area contributed by atoms with Crippen LogP contribution in [0.25, 0.3) is 39.3 Å². The Morgan fingerprint density at radius 2 is 2.00 bits per heavy atom. The van der Waals surface area contributed by atoms with Gasteiger partial charge in [0.2, 0.25) is 0 Å². The van der Waals surface area contributed by atoms with Crippen LogP contribution in [0.2, 0.25) is 0 Å². The van der Waals surface area contributed by atoms with Gasteiger partial charge in [-0.1, -0.05) is 11.8 Å². The molecule has 0 aliphatic carbocycles. The molecule has 5 heterocycles. The number of aryl methyl sites for hydroxylation is 1. The van der Waals surface area contributed by atoms with Gasteiger partial charge in [0.25, 0.3) is 0 Å². The molecular weight excluding hydrogens is 490 g/mol. The minimum Gasteiger partial charge on any atom is -0.381 e. The van der Waals surface area contributed by atoms with E-state index in [0.29, 0.717) is 42.7 Å². The highest BCUT2D eigenvalue weighted by molar-refractivity contribution is 7.91. The van der Waals surface area contributed by atoms with Crippen LogP contribution in [-0.2, 0) is 21.6 Å². The van der Waals surface area contributed by atoms with Gasteiger partial charge < -0.3 is 14.2 Å². The molecule has 1 atom stereocenters. The van der Waals surface area contributed by atoms with Crippen molar-refractivity contribution in [2.24, 2.45) is 13.0 Å². The molecule has 4 aromatic rings. The van der Waals surface area contributed by atoms with Gasteiger partial charge in [-0.05, 0) is 44.7 Å². The molecule has 1 fully saturated rings. The van der Waals surface area contributed by atoms with Gasteiger partial charge in [0.15, 0.2) is 9.84 Å². The average molecular weight is 524 g/mol. The minimum absolute atomic E-state index is 0.00664. The predicted octanol–water partition coefficient (Wildman–Crippen LogP) is 3.87. The number of hydrogen-bond acceptors (Lipinski definition) is 8. The third-order valence-electron chi connectivity index (χ3n) is 7.51. The Kier molecular flexibility index (Phi) is 6.53. The highest BCUT2D eigenvalue weighted by atomic mass is 32.2. The third-order valence-corrected chi connectivity index (χ3v) is 8.61. The summed E-state index contributed by atoms with van der Waals surface area (Å²) in [7, 11) is 0.215. The van der Waals surface area contributed by atoms with E-state index in [-0.39, 0.29) is 10.9 Å². The first-order valence-corrected chi connectivity index (χ1v) is 14.4. The van der Waals surface area contributed by atoms with E-state index in [0.717, 1.165) is 40.5 Å². The SMILES string of the molecule is C=Cc1nnn(C)c1-c1cnc2c3c(N(C)CC)ncc(S(C)(=O)=O)c3n([C@H](C)C3CCOCC3)c2c1. The molecule has 10 nitrogen and oxygen atoms in total. The van der Waals surface area contributed by atoms with Crippen molar-refractivity contribution in [3.63, 3.8) is 0 Å². The summed E-state index contributed by atoms with van der Waals surface area (Å²) < 4.78 is 35.6. The summed E-state index contributed by atoms with van der Waals surface area (Å²) in [5.41, 5.74) is 4.52. The number of rotatable bonds is 7. The van der Waals surface area contributed by atoms with E-state index in [2.05, 4.69) is 39.4 Å². The molecule has 196 valence electrons. The van der Waals surface area contributed by atoms with Gasteiger partial charge in [0, 0.05) is 57.9 Å². The lowest BCUT2D eigenvalue weighted by atomic mass is 9.92. The maximum atomic E-state index is 13.1. The van der Waals surface area contributed by atoms with Gasteiger partial charge >= 0.3 is 0 Å². The number of anilines is 1. The maximum absolute atomic E-state index is 13.1. The molecule has 0 amide bonds. The second-order valence-corrected chi connectivity index (χ2v) is 11.7. The Bertz CT molecular complexity index is 1600. The molecule has 11 heteroatoms. The summed E-state index contributed by atoms with van der Waals surface area (Å²) in [6.45, 7) is 10.2. The molecule has 0 aromatic carbocycles. The highest BCUT2D eigenvalue weighted by Gasteiger charge is 2.31. The van der Waals surface area contributed by atoms with Crippen LogP contribution >= 0.6 is 0 Å². The Labute approximate surface area is 216 Å². The summed E-state index contributed by atoms with van der Waals surface area (Å²) in [6, 6.07) is 2.07. The number of nitrogens with zero attached hydrogens (tertiary/aromatic N) is 7. The van der Waals surface area contributed by atoms with Crippen molar-refractivity contribution in [3.8, 4) is 11.3 Å². The zero-order valence-corrected chi connectivity index (χ0v) is 22.8. The van der Waals surface area contributed by atoms with E-state index in [1.165, 1.54) is 12.5 Å². The monoisotopic (exact) mass is 523 g/mol. The van der Waals surface area contributed by atoms with E-state index >= 15 is 0 Å². The Morgan fingerprint density at radius 3 is 2.65 bits per heavy atom. The van der Waals surface area contributed by atoms with Crippen molar-refractivity contribution in [2.75, 3.05) is 38.0 Å². The molecule has 0 saturated carbocycles. The summed E-state index contributed by atoms with van der Waals surface area (Å²) in [5.74, 6) is 1.04. The molecule has 0 spiro atoms. The molecule has 5 rings (SSSR count). The fourth-order valence-corrected chi connectivity index (χ4v) is 6.19. The second kappa shape index (κ2) is 9.53. The first-order chi connectivity index (χ1) is 17.7. The molecule has 1 saturated heterocycles. The fourth-order valence-electron chi connectivity index (χ4n) is 5.40. The number of ether oxygens (including phenoxy) is 1. The van der Waals surface area contributed by atoms with Crippen LogP contribution in [0.5, 0.6) is 0 Å². The van der Waals surface area contributed by atoms with Crippen molar-refractivity contribution >= 4 is 43.7 Å². The molecule has 0 bridgehead atoms. The molecule has 0 N–H and O–H groups in total. The van der Waals surface area contributed by atoms with Crippen LogP contribution < -0.4 is 4.90 Å². The smallest absolute Gasteiger partial charge is 0.179 e. The predicted molar refractivity (Wildman–Crippen MR) is 145 cm³/mol. The van der Waals surface area contributed by atoms with E-state index in [4.69, 9.17) is 9.72 Å². The largest absolute Gasteiger partial charge is 0.381 e. The lowest BCUT2D eigenvalue weighted by Gasteiger charge is -2.30. The maximum Gasteiger partial charge on any atom is 0.179 e. The van der Waals surface area contributed by atoms with Crippen LogP contribution in [0, 0.1) is 5.92 Å². The van der Waals surface area contributed by atoms with E-state index in [1.54, 1.807) is 17.0 Å². The van der Waals surface area contributed by atoms with E-state index in [9.17, 15) is 8.42 Å². The molecule has 37 heavy (non-hydrogen) atoms. The van der Waals surface area contributed by atoms with Gasteiger partial charge in [-0.2, -0.15) is 0 Å². The fraction of sp³-hybridized carbons (Fsp3) is 0.462. The Morgan fingerprint density at radius 1 is 1.27 bits per heavy atom. The Balaban J connectivity index is 1.92. The summed E-state index contributed by atoms with van der Waals surface area (Å²) in [6.07, 6.45) is 8.01. The molecular formula is C26H33N7O3S. The van der Waals surface area contributed by atoms with E-state index in [1.807, 2.05) is 25.9 Å². The number of pyridine rings is 2. The van der Waals surface area contributed by atoms with Crippen LogP contribution in [0.1, 0.15) is 38.4 Å². The molecule has 4 aromatic heterocycles. The first-order valence-electron chi connectivity index (χ1n) is 12.5. The Hall–Kier alpha value is -3.31. The molecule has 0 unspecified atom stereocenters. The normalized spacial score (nSPS) is 15.9. The molecule has 1 aliphatic rings. The average Bonchev–Trinajstić information content (AvgIpc) is 3.44. The van der Waals surface area contributed by atoms with Gasteiger partial charge in [-0.25, -0.2) is 18.1 Å². The van der Waals surface area contributed by atoms with Gasteiger partial charge in [-0.3, -0.25) is 4.98 Å². The molecule has 1 aliphatic heterocycles. The number of aromatic nitrogens is 6. The van der Waals surface area contributed by atoms with Crippen LogP contribution in [-0.4, -0.2) is 71.0 Å². The van der Waals surface area contributed by atoms with Gasteiger partial charge in [0.05, 0.1) is 33.8 Å². The second-order valence-electron chi connectivity index (χ2n) is 9.76. The van der Waals surface area contributed by atoms with Crippen LogP contribution in [0.3, 0.4) is 0 Å². The van der Waals surface area contributed by atoms with Crippen LogP contribution in [0.4, 0.5) is 5.82 Å². The third kappa shape index (κ3) is 4.19. The van der Waals surface area contributed by atoms with Gasteiger partial charge in [0.1, 0.15) is 16.4 Å². The van der Waals surface area contributed by atoms with E-state index < -0.39 is 9.84 Å². The summed E-state index contributed by atoms with van der Waals surface area (Å²) in [5, 5.41) is 9.12. The van der Waals surface area contributed by atoms with Crippen molar-refractivity contribution in [1.29, 1.82) is 0 Å².